The van der Waals surface area contributed by atoms with Gasteiger partial charge in [0.15, 0.2) is 5.96 Å². The molecule has 224 valence electrons. The third kappa shape index (κ3) is 11.1. The van der Waals surface area contributed by atoms with Crippen molar-refractivity contribution in [1.82, 2.24) is 15.4 Å². The largest absolute Gasteiger partial charge is 0.370 e. The lowest BCUT2D eigenvalue weighted by Gasteiger charge is -2.27. The molecule has 0 unspecified atom stereocenters. The topological polar surface area (TPSA) is 238 Å². The molecular weight excluding hydrogens is 536 g/mol. The summed E-state index contributed by atoms with van der Waals surface area (Å²) in [6, 6.07) is 5.20. The van der Waals surface area contributed by atoms with Gasteiger partial charge in [0.2, 0.25) is 27.7 Å². The van der Waals surface area contributed by atoms with Gasteiger partial charge in [-0.3, -0.25) is 19.4 Å². The maximum Gasteiger partial charge on any atom is 0.244 e. The maximum atomic E-state index is 13.4. The molecular formula is C26H44N8O5S. The molecule has 1 fully saturated rings. The summed E-state index contributed by atoms with van der Waals surface area (Å²) >= 11 is 0. The molecule has 0 bridgehead atoms. The summed E-state index contributed by atoms with van der Waals surface area (Å²) in [5.74, 6) is -2.15. The number of amides is 3. The van der Waals surface area contributed by atoms with E-state index in [1.807, 2.05) is 0 Å². The monoisotopic (exact) mass is 580 g/mol. The van der Waals surface area contributed by atoms with Gasteiger partial charge in [0.25, 0.3) is 0 Å². The molecule has 0 aromatic heterocycles. The molecule has 0 saturated heterocycles. The van der Waals surface area contributed by atoms with Crippen LogP contribution in [0.2, 0.25) is 0 Å². The second-order valence-electron chi connectivity index (χ2n) is 10.0. The number of guanidine groups is 1. The fourth-order valence-corrected chi connectivity index (χ4v) is 6.43. The van der Waals surface area contributed by atoms with Gasteiger partial charge in [-0.2, -0.15) is 0 Å². The summed E-state index contributed by atoms with van der Waals surface area (Å²) in [6.45, 7) is 0.597. The number of nitrogens with two attached hydrogens (primary N) is 4. The second-order valence-corrected chi connectivity index (χ2v) is 12.0. The Bertz CT molecular complexity index is 1090. The highest BCUT2D eigenvalue weighted by molar-refractivity contribution is 7.90. The van der Waals surface area contributed by atoms with E-state index in [0.717, 1.165) is 19.3 Å². The first kappa shape index (κ1) is 33.0. The van der Waals surface area contributed by atoms with Gasteiger partial charge >= 0.3 is 0 Å². The third-order valence-electron chi connectivity index (χ3n) is 6.84. The zero-order valence-electron chi connectivity index (χ0n) is 22.9. The first-order chi connectivity index (χ1) is 19.0. The van der Waals surface area contributed by atoms with E-state index in [0.29, 0.717) is 44.2 Å². The molecule has 14 heteroatoms. The van der Waals surface area contributed by atoms with Gasteiger partial charge in [0.1, 0.15) is 18.1 Å². The van der Waals surface area contributed by atoms with Crippen LogP contribution in [0.3, 0.4) is 0 Å². The Labute approximate surface area is 236 Å². The van der Waals surface area contributed by atoms with Crippen molar-refractivity contribution < 1.29 is 22.8 Å². The fraction of sp³-hybridized carbons (Fsp3) is 0.615. The highest BCUT2D eigenvalue weighted by Crippen LogP contribution is 2.23. The number of carbonyl (C=O) groups excluding carboxylic acids is 3. The molecule has 1 aliphatic carbocycles. The normalized spacial score (nSPS) is 16.3. The van der Waals surface area contributed by atoms with E-state index >= 15 is 0 Å². The second kappa shape index (κ2) is 16.8. The minimum atomic E-state index is -3.80. The highest BCUT2D eigenvalue weighted by Gasteiger charge is 2.34. The van der Waals surface area contributed by atoms with Crippen LogP contribution in [0.4, 0.5) is 0 Å². The van der Waals surface area contributed by atoms with Crippen molar-refractivity contribution >= 4 is 33.7 Å². The molecule has 2 rings (SSSR count). The van der Waals surface area contributed by atoms with E-state index in [1.54, 1.807) is 30.3 Å². The van der Waals surface area contributed by atoms with Gasteiger partial charge in [-0.15, -0.1) is 0 Å². The molecule has 0 radical (unpaired) electrons. The fourth-order valence-electron chi connectivity index (χ4n) is 4.66. The van der Waals surface area contributed by atoms with Gasteiger partial charge < -0.3 is 33.6 Å². The number of hydrogen-bond donors (Lipinski definition) is 7. The number of sulfonamides is 1. The molecule has 11 N–H and O–H groups in total. The van der Waals surface area contributed by atoms with Gasteiger partial charge in [-0.25, -0.2) is 13.1 Å². The molecule has 1 saturated carbocycles. The average molecular weight is 581 g/mol. The van der Waals surface area contributed by atoms with E-state index in [1.165, 1.54) is 0 Å². The number of benzene rings is 1. The molecule has 0 heterocycles. The van der Waals surface area contributed by atoms with Gasteiger partial charge in [0, 0.05) is 6.54 Å². The first-order valence-electron chi connectivity index (χ1n) is 13.8. The van der Waals surface area contributed by atoms with Crippen LogP contribution < -0.4 is 38.3 Å². The number of hydrogen-bond acceptors (Lipinski definition) is 7. The number of nitrogens with one attached hydrogen (secondary N) is 3. The zero-order chi connectivity index (χ0) is 29.5. The van der Waals surface area contributed by atoms with E-state index < -0.39 is 51.1 Å². The molecule has 0 spiro atoms. The smallest absolute Gasteiger partial charge is 0.244 e. The van der Waals surface area contributed by atoms with E-state index in [9.17, 15) is 22.8 Å². The third-order valence-corrected chi connectivity index (χ3v) is 8.81. The van der Waals surface area contributed by atoms with E-state index in [2.05, 4.69) is 20.3 Å². The van der Waals surface area contributed by atoms with Gasteiger partial charge in [-0.1, -0.05) is 49.6 Å². The molecule has 0 aliphatic heterocycles. The minimum absolute atomic E-state index is 0.108. The lowest BCUT2D eigenvalue weighted by Crippen LogP contribution is -2.55. The average Bonchev–Trinajstić information content (AvgIpc) is 2.93. The number of primary amides is 1. The Morgan fingerprint density at radius 3 is 2.10 bits per heavy atom. The van der Waals surface area contributed by atoms with Crippen LogP contribution in [0.15, 0.2) is 35.3 Å². The van der Waals surface area contributed by atoms with Crippen LogP contribution in [0, 0.1) is 0 Å². The van der Waals surface area contributed by atoms with Crippen LogP contribution in [-0.2, 0) is 24.4 Å². The summed E-state index contributed by atoms with van der Waals surface area (Å²) in [4.78, 5) is 42.8. The summed E-state index contributed by atoms with van der Waals surface area (Å²) in [6.07, 6.45) is 5.42. The van der Waals surface area contributed by atoms with Crippen molar-refractivity contribution in [3.05, 3.63) is 35.9 Å². The number of unbranched alkanes of at least 4 members (excludes halogenated alkanes) is 1. The van der Waals surface area contributed by atoms with Crippen LogP contribution in [0.25, 0.3) is 0 Å². The molecule has 3 atom stereocenters. The standard InChI is InChI=1S/C26H44N8O5S/c27-16-8-7-14-20(24(36)33-22(23(28)35)18-10-3-1-4-11-18)32-25(37)21(15-9-17-31-26(29)30)34-40(38,39)19-12-5-2-6-13-19/h1,3-4,10-11,19-22,34H,2,5-9,12-17,27H2,(H2,28,35)(H,32,37)(H,33,36)(H4,29,30,31)/t20-,21-,22+/m0/s1. The Morgan fingerprint density at radius 2 is 1.50 bits per heavy atom. The Hall–Kier alpha value is -3.23. The van der Waals surface area contributed by atoms with Crippen LogP contribution >= 0.6 is 0 Å². The SMILES string of the molecule is NCCCC[C@H](NC(=O)[C@H](CCCN=C(N)N)NS(=O)(=O)C1CCCCC1)C(=O)N[C@@H](C(N)=O)c1ccccc1. The number of rotatable bonds is 17. The van der Waals surface area contributed by atoms with Gasteiger partial charge in [0.05, 0.1) is 5.25 Å². The Balaban J connectivity index is 2.22. The molecule has 1 aromatic carbocycles. The van der Waals surface area contributed by atoms with Crippen LogP contribution in [0.1, 0.15) is 75.8 Å². The van der Waals surface area contributed by atoms with E-state index in [-0.39, 0.29) is 25.3 Å². The molecule has 3 amide bonds. The Kier molecular flexibility index (Phi) is 13.8. The maximum absolute atomic E-state index is 13.4. The lowest BCUT2D eigenvalue weighted by atomic mass is 10.0. The molecule has 1 aliphatic rings. The van der Waals surface area contributed by atoms with Crippen molar-refractivity contribution in [1.29, 1.82) is 0 Å². The van der Waals surface area contributed by atoms with Crippen LogP contribution in [-0.4, -0.2) is 62.5 Å². The molecule has 13 nitrogen and oxygen atoms in total. The number of nitrogens with zero attached hydrogens (tertiary/aromatic N) is 1. The summed E-state index contributed by atoms with van der Waals surface area (Å²) < 4.78 is 28.9. The van der Waals surface area contributed by atoms with Crippen LogP contribution in [0.5, 0.6) is 0 Å². The summed E-state index contributed by atoms with van der Waals surface area (Å²) in [5, 5.41) is 4.73. The van der Waals surface area contributed by atoms with Crippen molar-refractivity contribution in [3.8, 4) is 0 Å². The molecule has 40 heavy (non-hydrogen) atoms. The van der Waals surface area contributed by atoms with Crippen molar-refractivity contribution in [2.45, 2.75) is 87.6 Å². The van der Waals surface area contributed by atoms with Crippen molar-refractivity contribution in [2.24, 2.45) is 27.9 Å². The summed E-state index contributed by atoms with van der Waals surface area (Å²) in [7, 11) is -3.80. The van der Waals surface area contributed by atoms with Crippen molar-refractivity contribution in [3.63, 3.8) is 0 Å². The quantitative estimate of drug-likeness (QED) is 0.0726. The highest BCUT2D eigenvalue weighted by atomic mass is 32.2. The number of aliphatic imine (C=N–C) groups is 1. The zero-order valence-corrected chi connectivity index (χ0v) is 23.7. The van der Waals surface area contributed by atoms with E-state index in [4.69, 9.17) is 22.9 Å². The summed E-state index contributed by atoms with van der Waals surface area (Å²) in [5.41, 5.74) is 22.4. The van der Waals surface area contributed by atoms with Gasteiger partial charge in [-0.05, 0) is 57.1 Å². The number of carbonyl (C=O) groups is 3. The first-order valence-corrected chi connectivity index (χ1v) is 15.3. The minimum Gasteiger partial charge on any atom is -0.370 e. The predicted molar refractivity (Wildman–Crippen MR) is 154 cm³/mol. The lowest BCUT2D eigenvalue weighted by molar-refractivity contribution is -0.132. The Morgan fingerprint density at radius 1 is 0.875 bits per heavy atom. The predicted octanol–water partition coefficient (Wildman–Crippen LogP) is -0.383. The van der Waals surface area contributed by atoms with Crippen molar-refractivity contribution in [2.75, 3.05) is 13.1 Å². The molecule has 1 aromatic rings.